The summed E-state index contributed by atoms with van der Waals surface area (Å²) in [6.07, 6.45) is 0. The van der Waals surface area contributed by atoms with Crippen molar-refractivity contribution >= 4 is 0 Å². The van der Waals surface area contributed by atoms with Crippen LogP contribution in [0.15, 0.2) is 18.2 Å². The van der Waals surface area contributed by atoms with Gasteiger partial charge >= 0.3 is 0 Å². The number of nitrogens with zero attached hydrogens (tertiary/aromatic N) is 2. The molecule has 1 aromatic heterocycles. The molecule has 20 heavy (non-hydrogen) atoms. The van der Waals surface area contributed by atoms with Crippen LogP contribution in [0.4, 0.5) is 4.39 Å². The maximum Gasteiger partial charge on any atom is 0.126 e. The van der Waals surface area contributed by atoms with E-state index >= 15 is 0 Å². The van der Waals surface area contributed by atoms with Crippen molar-refractivity contribution in [2.75, 3.05) is 6.54 Å². The summed E-state index contributed by atoms with van der Waals surface area (Å²) in [7, 11) is 1.95. The van der Waals surface area contributed by atoms with E-state index in [0.29, 0.717) is 5.56 Å². The van der Waals surface area contributed by atoms with Crippen LogP contribution >= 0.6 is 0 Å². The molecule has 3 nitrogen and oxygen atoms in total. The number of aryl methyl sites for hydroxylation is 3. The molecule has 0 saturated carbocycles. The molecule has 0 aliphatic heterocycles. The summed E-state index contributed by atoms with van der Waals surface area (Å²) in [5, 5.41) is 7.96. The van der Waals surface area contributed by atoms with Gasteiger partial charge in [-0.05, 0) is 44.5 Å². The molecule has 4 heteroatoms. The van der Waals surface area contributed by atoms with Crippen LogP contribution in [-0.2, 0) is 7.05 Å². The molecule has 1 heterocycles. The molecule has 0 bridgehead atoms. The van der Waals surface area contributed by atoms with Crippen LogP contribution in [0.3, 0.4) is 0 Å². The third-order valence-electron chi connectivity index (χ3n) is 3.78. The second-order valence-electron chi connectivity index (χ2n) is 5.21. The van der Waals surface area contributed by atoms with Crippen molar-refractivity contribution < 1.29 is 4.39 Å². The summed E-state index contributed by atoms with van der Waals surface area (Å²) in [5.74, 6) is -0.163. The van der Waals surface area contributed by atoms with E-state index in [-0.39, 0.29) is 11.9 Å². The lowest BCUT2D eigenvalue weighted by Crippen LogP contribution is -2.23. The van der Waals surface area contributed by atoms with Gasteiger partial charge in [0.2, 0.25) is 0 Å². The standard InChI is InChI=1S/C16H22FN3/c1-6-18-16(13-7-8-14(17)10(2)9-13)15-11(3)19-20(5)12(15)4/h7-9,16,18H,6H2,1-5H3. The first-order valence-corrected chi connectivity index (χ1v) is 6.95. The van der Waals surface area contributed by atoms with Crippen molar-refractivity contribution in [1.29, 1.82) is 0 Å². The molecule has 0 spiro atoms. The first kappa shape index (κ1) is 14.7. The van der Waals surface area contributed by atoms with E-state index in [1.807, 2.05) is 30.8 Å². The van der Waals surface area contributed by atoms with Crippen molar-refractivity contribution in [3.63, 3.8) is 0 Å². The Labute approximate surface area is 119 Å². The molecular formula is C16H22FN3. The highest BCUT2D eigenvalue weighted by atomic mass is 19.1. The Morgan fingerprint density at radius 2 is 2.00 bits per heavy atom. The highest BCUT2D eigenvalue weighted by Crippen LogP contribution is 2.28. The van der Waals surface area contributed by atoms with E-state index < -0.39 is 0 Å². The molecule has 1 N–H and O–H groups in total. The van der Waals surface area contributed by atoms with Crippen LogP contribution in [0.2, 0.25) is 0 Å². The van der Waals surface area contributed by atoms with Crippen molar-refractivity contribution in [2.24, 2.45) is 7.05 Å². The minimum atomic E-state index is -0.163. The van der Waals surface area contributed by atoms with Crippen LogP contribution in [0.5, 0.6) is 0 Å². The summed E-state index contributed by atoms with van der Waals surface area (Å²) in [6, 6.07) is 5.35. The number of halogens is 1. The molecule has 1 unspecified atom stereocenters. The average molecular weight is 275 g/mol. The molecule has 1 atom stereocenters. The molecule has 0 amide bonds. The van der Waals surface area contributed by atoms with E-state index in [2.05, 4.69) is 24.3 Å². The van der Waals surface area contributed by atoms with Gasteiger partial charge < -0.3 is 5.32 Å². The van der Waals surface area contributed by atoms with Gasteiger partial charge in [-0.1, -0.05) is 19.1 Å². The maximum atomic E-state index is 13.5. The Balaban J connectivity index is 2.53. The van der Waals surface area contributed by atoms with E-state index in [0.717, 1.165) is 23.5 Å². The van der Waals surface area contributed by atoms with Gasteiger partial charge in [-0.2, -0.15) is 5.10 Å². The van der Waals surface area contributed by atoms with Gasteiger partial charge in [0.25, 0.3) is 0 Å². The van der Waals surface area contributed by atoms with Crippen LogP contribution in [-0.4, -0.2) is 16.3 Å². The van der Waals surface area contributed by atoms with Crippen LogP contribution in [0, 0.1) is 26.6 Å². The second kappa shape index (κ2) is 5.75. The zero-order chi connectivity index (χ0) is 14.9. The molecule has 0 radical (unpaired) electrons. The van der Waals surface area contributed by atoms with Crippen LogP contribution in [0.25, 0.3) is 0 Å². The average Bonchev–Trinajstić information content (AvgIpc) is 2.65. The Kier molecular flexibility index (Phi) is 4.23. The molecule has 0 fully saturated rings. The molecule has 0 saturated heterocycles. The predicted octanol–water partition coefficient (Wildman–Crippen LogP) is 3.18. The fraction of sp³-hybridized carbons (Fsp3) is 0.438. The van der Waals surface area contributed by atoms with Gasteiger partial charge in [0.05, 0.1) is 11.7 Å². The fourth-order valence-electron chi connectivity index (χ4n) is 2.65. The third-order valence-corrected chi connectivity index (χ3v) is 3.78. The van der Waals surface area contributed by atoms with Gasteiger partial charge in [-0.25, -0.2) is 4.39 Å². The minimum absolute atomic E-state index is 0.0491. The Morgan fingerprint density at radius 1 is 1.30 bits per heavy atom. The fourth-order valence-corrected chi connectivity index (χ4v) is 2.65. The van der Waals surface area contributed by atoms with Crippen molar-refractivity contribution in [3.8, 4) is 0 Å². The number of rotatable bonds is 4. The monoisotopic (exact) mass is 275 g/mol. The molecule has 2 aromatic rings. The highest BCUT2D eigenvalue weighted by molar-refractivity contribution is 5.38. The Bertz CT molecular complexity index is 616. The summed E-state index contributed by atoms with van der Waals surface area (Å²) >= 11 is 0. The molecule has 0 aliphatic carbocycles. The number of hydrogen-bond acceptors (Lipinski definition) is 2. The van der Waals surface area contributed by atoms with Gasteiger partial charge in [-0.3, -0.25) is 4.68 Å². The first-order chi connectivity index (χ1) is 9.45. The van der Waals surface area contributed by atoms with Gasteiger partial charge in [0.15, 0.2) is 0 Å². The topological polar surface area (TPSA) is 29.9 Å². The molecule has 0 aliphatic rings. The van der Waals surface area contributed by atoms with Gasteiger partial charge in [0, 0.05) is 18.3 Å². The van der Waals surface area contributed by atoms with E-state index in [1.54, 1.807) is 6.92 Å². The zero-order valence-corrected chi connectivity index (χ0v) is 12.8. The summed E-state index contributed by atoms with van der Waals surface area (Å²) in [5.41, 5.74) is 5.07. The number of aromatic nitrogens is 2. The lowest BCUT2D eigenvalue weighted by molar-refractivity contribution is 0.603. The summed E-state index contributed by atoms with van der Waals surface area (Å²) in [6.45, 7) is 8.79. The number of benzene rings is 1. The largest absolute Gasteiger partial charge is 0.306 e. The third kappa shape index (κ3) is 2.61. The Morgan fingerprint density at radius 3 is 2.50 bits per heavy atom. The van der Waals surface area contributed by atoms with Crippen molar-refractivity contribution in [1.82, 2.24) is 15.1 Å². The van der Waals surface area contributed by atoms with Crippen molar-refractivity contribution in [2.45, 2.75) is 33.7 Å². The second-order valence-corrected chi connectivity index (χ2v) is 5.21. The van der Waals surface area contributed by atoms with E-state index in [1.165, 1.54) is 11.6 Å². The molecule has 2 rings (SSSR count). The number of hydrogen-bond donors (Lipinski definition) is 1. The number of nitrogens with one attached hydrogen (secondary N) is 1. The summed E-state index contributed by atoms with van der Waals surface area (Å²) < 4.78 is 15.4. The van der Waals surface area contributed by atoms with Crippen LogP contribution in [0.1, 0.15) is 41.0 Å². The van der Waals surface area contributed by atoms with Gasteiger partial charge in [0.1, 0.15) is 5.82 Å². The summed E-state index contributed by atoms with van der Waals surface area (Å²) in [4.78, 5) is 0. The molecular weight excluding hydrogens is 253 g/mol. The van der Waals surface area contributed by atoms with Gasteiger partial charge in [-0.15, -0.1) is 0 Å². The normalized spacial score (nSPS) is 12.7. The van der Waals surface area contributed by atoms with Crippen molar-refractivity contribution in [3.05, 3.63) is 52.1 Å². The van der Waals surface area contributed by atoms with Crippen LogP contribution < -0.4 is 5.32 Å². The first-order valence-electron chi connectivity index (χ1n) is 6.95. The highest BCUT2D eigenvalue weighted by Gasteiger charge is 2.21. The maximum absolute atomic E-state index is 13.5. The lowest BCUT2D eigenvalue weighted by atomic mass is 9.95. The zero-order valence-electron chi connectivity index (χ0n) is 12.8. The predicted molar refractivity (Wildman–Crippen MR) is 79.3 cm³/mol. The molecule has 1 aromatic carbocycles. The molecule has 108 valence electrons. The van der Waals surface area contributed by atoms with E-state index in [9.17, 15) is 4.39 Å². The quantitative estimate of drug-likeness (QED) is 0.928. The smallest absolute Gasteiger partial charge is 0.126 e. The minimum Gasteiger partial charge on any atom is -0.306 e. The Hall–Kier alpha value is -1.68. The lowest BCUT2D eigenvalue weighted by Gasteiger charge is -2.20. The SMILES string of the molecule is CCNC(c1ccc(F)c(C)c1)c1c(C)nn(C)c1C. The van der Waals surface area contributed by atoms with E-state index in [4.69, 9.17) is 0 Å².